The molecule has 3 rings (SSSR count). The molecule has 0 saturated heterocycles. The highest BCUT2D eigenvalue weighted by molar-refractivity contribution is 4.86. The van der Waals surface area contributed by atoms with Gasteiger partial charge in [0.05, 0.1) is 0 Å². The van der Waals surface area contributed by atoms with E-state index in [0.717, 1.165) is 29.7 Å². The summed E-state index contributed by atoms with van der Waals surface area (Å²) in [6.45, 7) is 0. The molecule has 0 aromatic rings. The Morgan fingerprint density at radius 3 is 1.68 bits per heavy atom. The summed E-state index contributed by atoms with van der Waals surface area (Å²) in [4.78, 5) is 0. The SMILES string of the molecule is CNC1CCCCCC(C2CCCC(C3CCCCC3)C2)C1. The third kappa shape index (κ3) is 4.49. The molecule has 4 atom stereocenters. The Morgan fingerprint density at radius 2 is 1.00 bits per heavy atom. The Balaban J connectivity index is 1.57. The highest BCUT2D eigenvalue weighted by atomic mass is 14.9. The second kappa shape index (κ2) is 8.71. The van der Waals surface area contributed by atoms with E-state index in [1.54, 1.807) is 32.1 Å². The fraction of sp³-hybridized carbons (Fsp3) is 1.00. The van der Waals surface area contributed by atoms with Crippen LogP contribution in [-0.4, -0.2) is 13.1 Å². The van der Waals surface area contributed by atoms with Crippen LogP contribution in [0.15, 0.2) is 0 Å². The van der Waals surface area contributed by atoms with Gasteiger partial charge in [-0.25, -0.2) is 0 Å². The summed E-state index contributed by atoms with van der Waals surface area (Å²) >= 11 is 0. The van der Waals surface area contributed by atoms with Crippen LogP contribution in [0, 0.1) is 23.7 Å². The third-order valence-corrected chi connectivity index (χ3v) is 7.36. The molecule has 0 amide bonds. The fourth-order valence-electron chi connectivity index (χ4n) is 5.99. The zero-order chi connectivity index (χ0) is 15.2. The van der Waals surface area contributed by atoms with Crippen molar-refractivity contribution in [3.8, 4) is 0 Å². The summed E-state index contributed by atoms with van der Waals surface area (Å²) < 4.78 is 0. The van der Waals surface area contributed by atoms with Gasteiger partial charge in [-0.15, -0.1) is 0 Å². The molecule has 3 saturated carbocycles. The zero-order valence-electron chi connectivity index (χ0n) is 15.0. The van der Waals surface area contributed by atoms with Gasteiger partial charge in [0, 0.05) is 6.04 Å². The normalized spacial score (nSPS) is 39.1. The second-order valence-electron chi connectivity index (χ2n) is 8.70. The Kier molecular flexibility index (Phi) is 6.65. The van der Waals surface area contributed by atoms with Crippen LogP contribution < -0.4 is 5.32 Å². The zero-order valence-corrected chi connectivity index (χ0v) is 15.0. The molecule has 0 aliphatic heterocycles. The molecule has 0 spiro atoms. The van der Waals surface area contributed by atoms with Gasteiger partial charge >= 0.3 is 0 Å². The molecule has 1 nitrogen and oxygen atoms in total. The Bertz CT molecular complexity index is 307. The average molecular weight is 306 g/mol. The first-order valence-corrected chi connectivity index (χ1v) is 10.5. The van der Waals surface area contributed by atoms with E-state index < -0.39 is 0 Å². The predicted octanol–water partition coefficient (Wildman–Crippen LogP) is 5.93. The van der Waals surface area contributed by atoms with Crippen molar-refractivity contribution in [2.24, 2.45) is 23.7 Å². The van der Waals surface area contributed by atoms with E-state index in [2.05, 4.69) is 12.4 Å². The van der Waals surface area contributed by atoms with Crippen LogP contribution in [0.4, 0.5) is 0 Å². The first-order chi connectivity index (χ1) is 10.9. The molecule has 1 heteroatoms. The van der Waals surface area contributed by atoms with Gasteiger partial charge in [-0.1, -0.05) is 77.0 Å². The van der Waals surface area contributed by atoms with Crippen LogP contribution >= 0.6 is 0 Å². The van der Waals surface area contributed by atoms with E-state index in [1.165, 1.54) is 64.2 Å². The predicted molar refractivity (Wildman–Crippen MR) is 96.1 cm³/mol. The van der Waals surface area contributed by atoms with Crippen LogP contribution in [0.3, 0.4) is 0 Å². The third-order valence-electron chi connectivity index (χ3n) is 7.36. The maximum Gasteiger partial charge on any atom is 0.00668 e. The minimum atomic E-state index is 0.806. The van der Waals surface area contributed by atoms with E-state index in [1.807, 2.05) is 0 Å². The van der Waals surface area contributed by atoms with Gasteiger partial charge in [0.1, 0.15) is 0 Å². The summed E-state index contributed by atoms with van der Waals surface area (Å²) in [6, 6.07) is 0.806. The number of hydrogen-bond acceptors (Lipinski definition) is 1. The van der Waals surface area contributed by atoms with Gasteiger partial charge in [-0.05, 0) is 50.0 Å². The first-order valence-electron chi connectivity index (χ1n) is 10.5. The highest BCUT2D eigenvalue weighted by Crippen LogP contribution is 2.44. The summed E-state index contributed by atoms with van der Waals surface area (Å²) in [5.74, 6) is 4.29. The molecule has 0 bridgehead atoms. The van der Waals surface area contributed by atoms with Crippen molar-refractivity contribution in [2.45, 2.75) is 102 Å². The topological polar surface area (TPSA) is 12.0 Å². The minimum absolute atomic E-state index is 0.806. The van der Waals surface area contributed by atoms with Crippen molar-refractivity contribution in [1.82, 2.24) is 5.32 Å². The molecule has 1 N–H and O–H groups in total. The molecule has 3 fully saturated rings. The van der Waals surface area contributed by atoms with Crippen molar-refractivity contribution in [1.29, 1.82) is 0 Å². The largest absolute Gasteiger partial charge is 0.317 e. The standard InChI is InChI=1S/C21H39N/c1-22-21-14-7-3-6-11-20(16-21)19-13-8-12-18(15-19)17-9-4-2-5-10-17/h17-22H,2-16H2,1H3. The maximum atomic E-state index is 3.62. The Hall–Kier alpha value is -0.0400. The molecule has 4 unspecified atom stereocenters. The van der Waals surface area contributed by atoms with E-state index in [9.17, 15) is 0 Å². The molecule has 0 heterocycles. The van der Waals surface area contributed by atoms with Gasteiger partial charge in [0.15, 0.2) is 0 Å². The second-order valence-corrected chi connectivity index (χ2v) is 8.70. The van der Waals surface area contributed by atoms with Crippen molar-refractivity contribution in [3.63, 3.8) is 0 Å². The molecule has 22 heavy (non-hydrogen) atoms. The monoisotopic (exact) mass is 305 g/mol. The molecule has 0 radical (unpaired) electrons. The van der Waals surface area contributed by atoms with Gasteiger partial charge < -0.3 is 5.32 Å². The molecule has 0 aromatic carbocycles. The Morgan fingerprint density at radius 1 is 0.500 bits per heavy atom. The molecular formula is C21H39N. The van der Waals surface area contributed by atoms with Gasteiger partial charge in [0.2, 0.25) is 0 Å². The molecule has 128 valence electrons. The molecular weight excluding hydrogens is 266 g/mol. The first kappa shape index (κ1) is 16.8. The number of rotatable bonds is 3. The van der Waals surface area contributed by atoms with Gasteiger partial charge in [-0.2, -0.15) is 0 Å². The smallest absolute Gasteiger partial charge is 0.00668 e. The summed E-state index contributed by atoms with van der Waals surface area (Å²) in [6.07, 6.45) is 22.8. The number of hydrogen-bond donors (Lipinski definition) is 1. The maximum absolute atomic E-state index is 3.62. The van der Waals surface area contributed by atoms with Gasteiger partial charge in [-0.3, -0.25) is 0 Å². The quantitative estimate of drug-likeness (QED) is 0.681. The molecule has 3 aliphatic carbocycles. The van der Waals surface area contributed by atoms with Crippen LogP contribution in [0.25, 0.3) is 0 Å². The van der Waals surface area contributed by atoms with Crippen molar-refractivity contribution >= 4 is 0 Å². The lowest BCUT2D eigenvalue weighted by molar-refractivity contribution is 0.110. The van der Waals surface area contributed by atoms with Crippen LogP contribution in [0.2, 0.25) is 0 Å². The van der Waals surface area contributed by atoms with E-state index in [0.29, 0.717) is 0 Å². The van der Waals surface area contributed by atoms with Crippen LogP contribution in [0.5, 0.6) is 0 Å². The fourth-order valence-corrected chi connectivity index (χ4v) is 5.99. The lowest BCUT2D eigenvalue weighted by Gasteiger charge is -2.41. The highest BCUT2D eigenvalue weighted by Gasteiger charge is 2.33. The minimum Gasteiger partial charge on any atom is -0.317 e. The lowest BCUT2D eigenvalue weighted by atomic mass is 9.66. The summed E-state index contributed by atoms with van der Waals surface area (Å²) in [5.41, 5.74) is 0. The number of nitrogens with one attached hydrogen (secondary N) is 1. The molecule has 0 aromatic heterocycles. The van der Waals surface area contributed by atoms with Crippen LogP contribution in [-0.2, 0) is 0 Å². The molecule has 3 aliphatic rings. The summed E-state index contributed by atoms with van der Waals surface area (Å²) in [7, 11) is 2.19. The van der Waals surface area contributed by atoms with E-state index in [4.69, 9.17) is 0 Å². The van der Waals surface area contributed by atoms with E-state index in [-0.39, 0.29) is 0 Å². The Labute approximate surface area is 139 Å². The van der Waals surface area contributed by atoms with Crippen molar-refractivity contribution in [3.05, 3.63) is 0 Å². The van der Waals surface area contributed by atoms with Gasteiger partial charge in [0.25, 0.3) is 0 Å². The lowest BCUT2D eigenvalue weighted by Crippen LogP contribution is -2.34. The average Bonchev–Trinajstić information content (AvgIpc) is 2.56. The van der Waals surface area contributed by atoms with Crippen molar-refractivity contribution in [2.75, 3.05) is 7.05 Å². The summed E-state index contributed by atoms with van der Waals surface area (Å²) in [5, 5.41) is 3.62. The van der Waals surface area contributed by atoms with Crippen LogP contribution in [0.1, 0.15) is 96.3 Å². The van der Waals surface area contributed by atoms with E-state index >= 15 is 0 Å². The van der Waals surface area contributed by atoms with Crippen molar-refractivity contribution < 1.29 is 0 Å².